The summed E-state index contributed by atoms with van der Waals surface area (Å²) in [4.78, 5) is 19.7. The number of imidazole rings is 1. The van der Waals surface area contributed by atoms with E-state index in [2.05, 4.69) is 15.3 Å². The fraction of sp³-hybridized carbons (Fsp3) is 0.130. The van der Waals surface area contributed by atoms with Crippen LogP contribution in [0.5, 0.6) is 11.5 Å². The Morgan fingerprint density at radius 2 is 1.87 bits per heavy atom. The van der Waals surface area contributed by atoms with Crippen molar-refractivity contribution < 1.29 is 22.7 Å². The number of hydrogen-bond acceptors (Lipinski definition) is 3. The average Bonchev–Trinajstić information content (AvgIpc) is 3.28. The van der Waals surface area contributed by atoms with E-state index in [9.17, 15) is 18.0 Å². The maximum atomic E-state index is 12.7. The van der Waals surface area contributed by atoms with Crippen LogP contribution in [-0.4, -0.2) is 15.9 Å². The maximum Gasteiger partial charge on any atom is 0.416 e. The smallest absolute Gasteiger partial charge is 0.416 e. The van der Waals surface area contributed by atoms with Gasteiger partial charge in [-0.15, -0.1) is 0 Å². The number of fused-ring (bicyclic) bond motifs is 1. The number of benzene rings is 3. The molecule has 0 fully saturated rings. The zero-order valence-electron chi connectivity index (χ0n) is 16.4. The quantitative estimate of drug-likeness (QED) is 0.421. The predicted molar refractivity (Wildman–Crippen MR) is 110 cm³/mol. The molecular formula is C23H18F3N3O2. The number of halogens is 3. The van der Waals surface area contributed by atoms with Crippen molar-refractivity contribution in [1.29, 1.82) is 0 Å². The number of ether oxygens (including phenoxy) is 1. The van der Waals surface area contributed by atoms with Gasteiger partial charge in [-0.3, -0.25) is 4.79 Å². The minimum Gasteiger partial charge on any atom is -0.457 e. The van der Waals surface area contributed by atoms with Gasteiger partial charge in [-0.05, 0) is 60.8 Å². The number of nitrogens with zero attached hydrogens (tertiary/aromatic N) is 1. The van der Waals surface area contributed by atoms with E-state index in [0.29, 0.717) is 17.1 Å². The van der Waals surface area contributed by atoms with Crippen LogP contribution in [0.4, 0.5) is 13.2 Å². The summed E-state index contributed by atoms with van der Waals surface area (Å²) in [6.07, 6.45) is -1.10. The van der Waals surface area contributed by atoms with E-state index in [1.807, 2.05) is 13.0 Å². The lowest BCUT2D eigenvalue weighted by atomic mass is 10.1. The third-order valence-electron chi connectivity index (χ3n) is 4.79. The molecule has 0 unspecified atom stereocenters. The van der Waals surface area contributed by atoms with E-state index in [1.54, 1.807) is 42.7 Å². The number of carbonyl (C=O) groups is 1. The first-order valence-corrected chi connectivity index (χ1v) is 9.49. The number of aromatic amines is 1. The molecule has 1 amide bonds. The molecule has 8 heteroatoms. The van der Waals surface area contributed by atoms with Gasteiger partial charge in [-0.2, -0.15) is 13.2 Å². The molecule has 4 rings (SSSR count). The summed E-state index contributed by atoms with van der Waals surface area (Å²) in [6.45, 7) is 1.83. The molecule has 0 spiro atoms. The molecule has 0 aliphatic carbocycles. The highest BCUT2D eigenvalue weighted by Crippen LogP contribution is 2.33. The fourth-order valence-electron chi connectivity index (χ4n) is 3.19. The van der Waals surface area contributed by atoms with Crippen LogP contribution in [0.1, 0.15) is 34.7 Å². The standard InChI is InChI=1S/C23H18F3N3O2/c1-14(21-27-11-12-28-21)29-22(30)16-5-10-19-15(13-16)3-2-4-20(19)31-18-8-6-17(7-9-18)23(24,25)26/h2-14H,1H3,(H,27,28)(H,29,30)/t14-/m0/s1. The third-order valence-corrected chi connectivity index (χ3v) is 4.79. The number of rotatable bonds is 5. The third kappa shape index (κ3) is 4.53. The predicted octanol–water partition coefficient (Wildman–Crippen LogP) is 5.87. The Labute approximate surface area is 175 Å². The van der Waals surface area contributed by atoms with Crippen molar-refractivity contribution in [3.05, 3.63) is 90.0 Å². The first-order valence-electron chi connectivity index (χ1n) is 9.49. The van der Waals surface area contributed by atoms with E-state index < -0.39 is 11.7 Å². The maximum absolute atomic E-state index is 12.7. The molecular weight excluding hydrogens is 407 g/mol. The van der Waals surface area contributed by atoms with Crippen LogP contribution >= 0.6 is 0 Å². The number of aromatic nitrogens is 2. The molecule has 0 radical (unpaired) electrons. The molecule has 0 bridgehead atoms. The minimum atomic E-state index is -4.40. The average molecular weight is 425 g/mol. The van der Waals surface area contributed by atoms with Crippen LogP contribution in [-0.2, 0) is 6.18 Å². The van der Waals surface area contributed by atoms with Crippen LogP contribution in [0.3, 0.4) is 0 Å². The van der Waals surface area contributed by atoms with E-state index in [1.165, 1.54) is 12.1 Å². The molecule has 4 aromatic rings. The lowest BCUT2D eigenvalue weighted by Crippen LogP contribution is -2.27. The van der Waals surface area contributed by atoms with Crippen molar-refractivity contribution in [2.45, 2.75) is 19.1 Å². The molecule has 0 aliphatic heterocycles. The van der Waals surface area contributed by atoms with Crippen LogP contribution in [0.2, 0.25) is 0 Å². The van der Waals surface area contributed by atoms with Gasteiger partial charge in [0.05, 0.1) is 11.6 Å². The van der Waals surface area contributed by atoms with Gasteiger partial charge in [0.25, 0.3) is 5.91 Å². The van der Waals surface area contributed by atoms with Crippen molar-refractivity contribution in [2.24, 2.45) is 0 Å². The van der Waals surface area contributed by atoms with E-state index >= 15 is 0 Å². The molecule has 0 saturated heterocycles. The molecule has 0 aliphatic rings. The Morgan fingerprint density at radius 3 is 2.55 bits per heavy atom. The summed E-state index contributed by atoms with van der Waals surface area (Å²) in [6, 6.07) is 14.7. The van der Waals surface area contributed by atoms with Crippen LogP contribution in [0.25, 0.3) is 10.8 Å². The van der Waals surface area contributed by atoms with Crippen LogP contribution in [0.15, 0.2) is 73.1 Å². The van der Waals surface area contributed by atoms with Crippen LogP contribution in [0, 0.1) is 0 Å². The summed E-state index contributed by atoms with van der Waals surface area (Å²) in [5.74, 6) is 1.17. The molecule has 1 atom stereocenters. The SMILES string of the molecule is C[C@H](NC(=O)c1ccc2c(Oc3ccc(C(F)(F)F)cc3)cccc2c1)c1ncc[nH]1. The van der Waals surface area contributed by atoms with Crippen LogP contribution < -0.4 is 10.1 Å². The normalized spacial score (nSPS) is 12.5. The summed E-state index contributed by atoms with van der Waals surface area (Å²) in [5, 5.41) is 4.38. The summed E-state index contributed by atoms with van der Waals surface area (Å²) in [5.41, 5.74) is -0.269. The monoisotopic (exact) mass is 425 g/mol. The molecule has 2 N–H and O–H groups in total. The molecule has 0 saturated carbocycles. The molecule has 1 aromatic heterocycles. The topological polar surface area (TPSA) is 67.0 Å². The zero-order chi connectivity index (χ0) is 22.0. The van der Waals surface area contributed by atoms with Gasteiger partial charge >= 0.3 is 6.18 Å². The van der Waals surface area contributed by atoms with Gasteiger partial charge in [0.1, 0.15) is 17.3 Å². The Balaban J connectivity index is 1.55. The second-order valence-electron chi connectivity index (χ2n) is 6.99. The highest BCUT2D eigenvalue weighted by Gasteiger charge is 2.30. The second-order valence-corrected chi connectivity index (χ2v) is 6.99. The van der Waals surface area contributed by atoms with Gasteiger partial charge in [0, 0.05) is 23.3 Å². The second kappa shape index (κ2) is 8.14. The Kier molecular flexibility index (Phi) is 5.37. The molecule has 3 aromatic carbocycles. The molecule has 31 heavy (non-hydrogen) atoms. The number of amides is 1. The zero-order valence-corrected chi connectivity index (χ0v) is 16.4. The number of carbonyl (C=O) groups excluding carboxylic acids is 1. The first kappa shape index (κ1) is 20.5. The highest BCUT2D eigenvalue weighted by atomic mass is 19.4. The Hall–Kier alpha value is -3.81. The summed E-state index contributed by atoms with van der Waals surface area (Å²) in [7, 11) is 0. The number of hydrogen-bond donors (Lipinski definition) is 2. The highest BCUT2D eigenvalue weighted by molar-refractivity contribution is 6.00. The van der Waals surface area contributed by atoms with Crippen molar-refractivity contribution in [3.8, 4) is 11.5 Å². The van der Waals surface area contributed by atoms with E-state index in [4.69, 9.17) is 4.74 Å². The van der Waals surface area contributed by atoms with Crippen molar-refractivity contribution in [3.63, 3.8) is 0 Å². The summed E-state index contributed by atoms with van der Waals surface area (Å²) >= 11 is 0. The van der Waals surface area contributed by atoms with Crippen molar-refractivity contribution in [1.82, 2.24) is 15.3 Å². The van der Waals surface area contributed by atoms with Gasteiger partial charge in [0.2, 0.25) is 0 Å². The van der Waals surface area contributed by atoms with E-state index in [0.717, 1.165) is 22.9 Å². The summed E-state index contributed by atoms with van der Waals surface area (Å²) < 4.78 is 44.0. The Morgan fingerprint density at radius 1 is 1.10 bits per heavy atom. The van der Waals surface area contributed by atoms with E-state index in [-0.39, 0.29) is 17.7 Å². The van der Waals surface area contributed by atoms with Gasteiger partial charge < -0.3 is 15.0 Å². The van der Waals surface area contributed by atoms with Gasteiger partial charge in [-0.25, -0.2) is 4.98 Å². The fourth-order valence-corrected chi connectivity index (χ4v) is 3.19. The molecule has 158 valence electrons. The number of H-pyrrole nitrogens is 1. The first-order chi connectivity index (χ1) is 14.8. The molecule has 1 heterocycles. The number of alkyl halides is 3. The van der Waals surface area contributed by atoms with Crippen molar-refractivity contribution in [2.75, 3.05) is 0 Å². The lowest BCUT2D eigenvalue weighted by Gasteiger charge is -2.13. The molecule has 5 nitrogen and oxygen atoms in total. The lowest BCUT2D eigenvalue weighted by molar-refractivity contribution is -0.137. The Bertz CT molecular complexity index is 1200. The van der Waals surface area contributed by atoms with Gasteiger partial charge in [0.15, 0.2) is 0 Å². The van der Waals surface area contributed by atoms with Crippen molar-refractivity contribution >= 4 is 16.7 Å². The number of nitrogens with one attached hydrogen (secondary N) is 2. The minimum absolute atomic E-state index is 0.250. The van der Waals surface area contributed by atoms with Gasteiger partial charge in [-0.1, -0.05) is 12.1 Å². The largest absolute Gasteiger partial charge is 0.457 e.